The number of rotatable bonds is 14. The zero-order valence-corrected chi connectivity index (χ0v) is 41.4. The topological polar surface area (TPSA) is 40.5 Å². The van der Waals surface area contributed by atoms with Crippen molar-refractivity contribution in [3.05, 3.63) is 192 Å². The molecule has 68 heavy (non-hydrogen) atoms. The highest BCUT2D eigenvalue weighted by molar-refractivity contribution is 9.10. The minimum atomic E-state index is -1.76. The van der Waals surface area contributed by atoms with E-state index in [4.69, 9.17) is 10.0 Å². The van der Waals surface area contributed by atoms with Gasteiger partial charge in [0, 0.05) is 15.6 Å². The van der Waals surface area contributed by atoms with Gasteiger partial charge in [0.05, 0.1) is 11.1 Å². The van der Waals surface area contributed by atoms with Crippen molar-refractivity contribution in [2.75, 3.05) is 0 Å². The molecule has 6 aromatic carbocycles. The molecule has 0 aliphatic heterocycles. The van der Waals surface area contributed by atoms with Crippen LogP contribution in [0.4, 0.5) is 26.3 Å². The van der Waals surface area contributed by atoms with E-state index in [1.165, 1.54) is 105 Å². The lowest BCUT2D eigenvalue weighted by molar-refractivity contribution is 0.425. The molecule has 0 spiro atoms. The average Bonchev–Trinajstić information content (AvgIpc) is 3.29. The largest absolute Gasteiger partial charge is 0.488 e. The van der Waals surface area contributed by atoms with Crippen LogP contribution in [0.2, 0.25) is 0 Å². The molecule has 2 N–H and O–H groups in total. The first-order valence-electron chi connectivity index (χ1n) is 23.3. The summed E-state index contributed by atoms with van der Waals surface area (Å²) >= 11 is 3.27. The van der Waals surface area contributed by atoms with Gasteiger partial charge in [-0.3, -0.25) is 0 Å². The highest BCUT2D eigenvalue weighted by atomic mass is 79.9. The Morgan fingerprint density at radius 3 is 1.24 bits per heavy atom. The van der Waals surface area contributed by atoms with Gasteiger partial charge in [-0.1, -0.05) is 147 Å². The maximum Gasteiger partial charge on any atom is 0.488 e. The maximum absolute atomic E-state index is 14.6. The predicted molar refractivity (Wildman–Crippen MR) is 271 cm³/mol. The Morgan fingerprint density at radius 2 is 0.824 bits per heavy atom. The second-order valence-electron chi connectivity index (χ2n) is 17.0. The smallest absolute Gasteiger partial charge is 0.423 e. The molecule has 0 aliphatic rings. The number of benzene rings is 6. The second kappa shape index (κ2) is 28.1. The van der Waals surface area contributed by atoms with Crippen LogP contribution in [0.5, 0.6) is 0 Å². The molecular formula is C58H60BBrF6O2. The molecule has 0 heterocycles. The summed E-state index contributed by atoms with van der Waals surface area (Å²) in [7, 11) is -1.76. The minimum Gasteiger partial charge on any atom is -0.423 e. The number of hydrogen-bond donors (Lipinski definition) is 2. The molecule has 2 nitrogen and oxygen atoms in total. The molecule has 0 aromatic heterocycles. The molecular weight excluding hydrogens is 933 g/mol. The fraction of sp³-hybridized carbons (Fsp3) is 0.310. The molecule has 0 unspecified atom stereocenters. The number of hydrogen-bond acceptors (Lipinski definition) is 2. The summed E-state index contributed by atoms with van der Waals surface area (Å²) < 4.78 is 80.5. The summed E-state index contributed by atoms with van der Waals surface area (Å²) in [5.74, 6) is 7.45. The summed E-state index contributed by atoms with van der Waals surface area (Å²) in [6, 6.07) is 24.5. The van der Waals surface area contributed by atoms with Crippen LogP contribution in [0.1, 0.15) is 134 Å². The van der Waals surface area contributed by atoms with E-state index >= 15 is 0 Å². The third-order valence-electron chi connectivity index (χ3n) is 11.4. The molecule has 6 rings (SSSR count). The van der Waals surface area contributed by atoms with Gasteiger partial charge in [0.2, 0.25) is 0 Å². The van der Waals surface area contributed by atoms with E-state index < -0.39 is 36.2 Å². The van der Waals surface area contributed by atoms with Crippen LogP contribution >= 0.6 is 15.9 Å². The third-order valence-corrected chi connectivity index (χ3v) is 11.9. The van der Waals surface area contributed by atoms with Gasteiger partial charge in [-0.15, -0.1) is 0 Å². The summed E-state index contributed by atoms with van der Waals surface area (Å²) in [6.45, 7) is 12.7. The number of halogens is 7. The Labute approximate surface area is 408 Å². The van der Waals surface area contributed by atoms with Crippen LogP contribution in [0.25, 0.3) is 11.1 Å². The Kier molecular flexibility index (Phi) is 22.8. The van der Waals surface area contributed by atoms with Gasteiger partial charge >= 0.3 is 7.12 Å². The monoisotopic (exact) mass is 992 g/mol. The van der Waals surface area contributed by atoms with Crippen molar-refractivity contribution < 1.29 is 36.4 Å². The lowest BCUT2D eigenvalue weighted by Crippen LogP contribution is -2.30. The van der Waals surface area contributed by atoms with Gasteiger partial charge in [-0.2, -0.15) is 0 Å². The second-order valence-corrected chi connectivity index (χ2v) is 17.9. The van der Waals surface area contributed by atoms with Crippen molar-refractivity contribution in [1.82, 2.24) is 0 Å². The van der Waals surface area contributed by atoms with Crippen molar-refractivity contribution >= 4 is 28.5 Å². The fourth-order valence-corrected chi connectivity index (χ4v) is 7.98. The Hall–Kier alpha value is -5.52. The quantitative estimate of drug-likeness (QED) is 0.0494. The van der Waals surface area contributed by atoms with Gasteiger partial charge in [0.25, 0.3) is 0 Å². The van der Waals surface area contributed by atoms with Crippen LogP contribution in [0.15, 0.2) is 102 Å². The van der Waals surface area contributed by atoms with Crippen LogP contribution < -0.4 is 5.46 Å². The lowest BCUT2D eigenvalue weighted by atomic mass is 9.80. The summed E-state index contributed by atoms with van der Waals surface area (Å²) in [6.07, 6.45) is 15.0. The first kappa shape index (κ1) is 55.1. The van der Waals surface area contributed by atoms with E-state index in [9.17, 15) is 26.3 Å². The molecule has 356 valence electrons. The molecule has 0 saturated heterocycles. The van der Waals surface area contributed by atoms with Gasteiger partial charge in [-0.05, 0) is 158 Å². The van der Waals surface area contributed by atoms with E-state index in [0.717, 1.165) is 69.9 Å². The van der Waals surface area contributed by atoms with Crippen molar-refractivity contribution in [3.8, 4) is 34.8 Å². The standard InChI is InChI=1S/C29H29F3.C23H26BrF.C6H5BF2O2/c1-4-5-6-7-8-9-22-16-20(2)26(21(3)17-22)14-12-23-10-11-24(18-28(23)31)25-13-15-27(30)29(32)19-25;1-4-5-6-7-8-9-19-14-17(2)22(18(3)15-19)13-11-20-10-12-21(24)16-23(20)25;8-5-2-1-4(7(10)11)3-6(5)9/h10-11,13,15-19H,4-9H2,1-3H3;10,12,14-16H,4-9H2,1-3H3;1-3,10-11H. The zero-order chi connectivity index (χ0) is 49.8. The van der Waals surface area contributed by atoms with Crippen LogP contribution in [0.3, 0.4) is 0 Å². The third kappa shape index (κ3) is 17.5. The normalized spacial score (nSPS) is 10.5. The first-order valence-corrected chi connectivity index (χ1v) is 24.1. The van der Waals surface area contributed by atoms with E-state index in [0.29, 0.717) is 16.7 Å². The Bertz CT molecular complexity index is 2700. The van der Waals surface area contributed by atoms with Crippen molar-refractivity contribution in [2.24, 2.45) is 0 Å². The molecule has 0 amide bonds. The van der Waals surface area contributed by atoms with Gasteiger partial charge < -0.3 is 10.0 Å². The molecule has 0 atom stereocenters. The highest BCUT2D eigenvalue weighted by Gasteiger charge is 2.13. The lowest BCUT2D eigenvalue weighted by Gasteiger charge is -2.09. The van der Waals surface area contributed by atoms with E-state index in [1.807, 2.05) is 19.9 Å². The van der Waals surface area contributed by atoms with Crippen molar-refractivity contribution in [1.29, 1.82) is 0 Å². The molecule has 0 saturated carbocycles. The summed E-state index contributed by atoms with van der Waals surface area (Å²) in [5, 5.41) is 17.0. The number of aryl methyl sites for hydroxylation is 6. The van der Waals surface area contributed by atoms with Gasteiger partial charge in [-0.25, -0.2) is 26.3 Å². The van der Waals surface area contributed by atoms with Gasteiger partial charge in [0.15, 0.2) is 23.3 Å². The van der Waals surface area contributed by atoms with Crippen molar-refractivity contribution in [2.45, 2.75) is 119 Å². The predicted octanol–water partition coefficient (Wildman–Crippen LogP) is 15.1. The van der Waals surface area contributed by atoms with Crippen LogP contribution in [0, 0.1) is 86.3 Å². The van der Waals surface area contributed by atoms with Gasteiger partial charge in [0.1, 0.15) is 11.6 Å². The first-order chi connectivity index (χ1) is 32.5. The van der Waals surface area contributed by atoms with Crippen LogP contribution in [-0.4, -0.2) is 17.2 Å². The van der Waals surface area contributed by atoms with E-state index in [2.05, 4.69) is 91.6 Å². The van der Waals surface area contributed by atoms with Crippen molar-refractivity contribution in [3.63, 3.8) is 0 Å². The van der Waals surface area contributed by atoms with Crippen LogP contribution in [-0.2, 0) is 12.8 Å². The summed E-state index contributed by atoms with van der Waals surface area (Å²) in [4.78, 5) is 0. The Balaban J connectivity index is 0.000000247. The number of unbranched alkanes of at least 4 members (excludes halogenated alkanes) is 8. The molecule has 0 bridgehead atoms. The fourth-order valence-electron chi connectivity index (χ4n) is 7.65. The molecule has 10 heteroatoms. The molecule has 0 fully saturated rings. The minimum absolute atomic E-state index is 0.0658. The van der Waals surface area contributed by atoms with E-state index in [1.54, 1.807) is 18.2 Å². The average molecular weight is 994 g/mol. The molecule has 0 radical (unpaired) electrons. The Morgan fingerprint density at radius 1 is 0.426 bits per heavy atom. The summed E-state index contributed by atoms with van der Waals surface area (Å²) in [5.41, 5.74) is 10.7. The SMILES string of the molecule is CCCCCCCc1cc(C)c(C#Cc2ccc(-c3ccc(F)c(F)c3)cc2F)c(C)c1.CCCCCCCc1cc(C)c(C#Cc2ccc(Br)cc2F)c(C)c1.OB(O)c1ccc(F)c(F)c1. The highest BCUT2D eigenvalue weighted by Crippen LogP contribution is 2.25. The van der Waals surface area contributed by atoms with E-state index in [-0.39, 0.29) is 16.8 Å². The zero-order valence-electron chi connectivity index (χ0n) is 39.8. The molecule has 6 aromatic rings. The maximum atomic E-state index is 14.6. The molecule has 0 aliphatic carbocycles.